The van der Waals surface area contributed by atoms with Crippen LogP contribution in [0, 0.1) is 5.82 Å². The molecule has 0 aliphatic carbocycles. The van der Waals surface area contributed by atoms with Crippen molar-refractivity contribution in [3.05, 3.63) is 82.0 Å². The normalized spacial score (nSPS) is 11.5. The van der Waals surface area contributed by atoms with Crippen molar-refractivity contribution in [1.29, 1.82) is 0 Å². The molecule has 9 nitrogen and oxygen atoms in total. The average molecular weight is 446 g/mol. The van der Waals surface area contributed by atoms with Gasteiger partial charge < -0.3 is 5.32 Å². The van der Waals surface area contributed by atoms with E-state index in [-0.39, 0.29) is 17.3 Å². The SMILES string of the molecule is O=c1c(Nc2ccc(C(F)(F)F)cc2F)nccn1-c1ccc(CCc2nn[nH]n2)cn1. The second kappa shape index (κ2) is 8.53. The lowest BCUT2D eigenvalue weighted by molar-refractivity contribution is -0.137. The molecule has 32 heavy (non-hydrogen) atoms. The molecule has 4 aromatic rings. The van der Waals surface area contributed by atoms with Crippen LogP contribution >= 0.6 is 0 Å². The monoisotopic (exact) mass is 446 g/mol. The Balaban J connectivity index is 1.53. The Kier molecular flexibility index (Phi) is 5.62. The summed E-state index contributed by atoms with van der Waals surface area (Å²) < 4.78 is 53.4. The number of halogens is 4. The number of H-pyrrole nitrogens is 1. The lowest BCUT2D eigenvalue weighted by Crippen LogP contribution is -2.22. The van der Waals surface area contributed by atoms with Gasteiger partial charge in [-0.2, -0.15) is 18.4 Å². The number of aromatic amines is 1. The van der Waals surface area contributed by atoms with Crippen LogP contribution < -0.4 is 10.9 Å². The highest BCUT2D eigenvalue weighted by Crippen LogP contribution is 2.31. The molecule has 0 fully saturated rings. The molecule has 0 spiro atoms. The molecule has 4 rings (SSSR count). The van der Waals surface area contributed by atoms with Crippen LogP contribution in [0.4, 0.5) is 29.1 Å². The summed E-state index contributed by atoms with van der Waals surface area (Å²) in [6, 6.07) is 5.35. The molecule has 3 heterocycles. The fourth-order valence-electron chi connectivity index (χ4n) is 2.85. The largest absolute Gasteiger partial charge is 0.416 e. The third kappa shape index (κ3) is 4.61. The molecule has 2 N–H and O–H groups in total. The molecule has 0 radical (unpaired) electrons. The van der Waals surface area contributed by atoms with Crippen molar-refractivity contribution in [2.75, 3.05) is 5.32 Å². The number of aromatic nitrogens is 7. The van der Waals surface area contributed by atoms with Crippen LogP contribution in [0.2, 0.25) is 0 Å². The standard InChI is InChI=1S/C19H14F4N8O/c20-13-9-12(19(21,22)23)3-4-14(13)26-17-18(32)31(8-7-24-17)16-6-2-11(10-25-16)1-5-15-27-29-30-28-15/h2-4,6-10H,1,5H2,(H,24,26)(H,27,28,29,30). The molecule has 0 saturated heterocycles. The number of aryl methyl sites for hydroxylation is 2. The zero-order chi connectivity index (χ0) is 22.7. The number of alkyl halides is 3. The van der Waals surface area contributed by atoms with Crippen LogP contribution in [0.1, 0.15) is 17.0 Å². The summed E-state index contributed by atoms with van der Waals surface area (Å²) in [5.41, 5.74) is -1.22. The maximum atomic E-state index is 14.1. The van der Waals surface area contributed by atoms with Gasteiger partial charge in [0, 0.05) is 25.0 Å². The number of benzene rings is 1. The van der Waals surface area contributed by atoms with Crippen molar-refractivity contribution in [3.8, 4) is 5.82 Å². The number of nitrogens with one attached hydrogen (secondary N) is 2. The number of tetrazole rings is 1. The number of hydrogen-bond donors (Lipinski definition) is 2. The Bertz CT molecular complexity index is 1270. The Hall–Kier alpha value is -4.16. The van der Waals surface area contributed by atoms with Gasteiger partial charge in [0.15, 0.2) is 11.6 Å². The highest BCUT2D eigenvalue weighted by Gasteiger charge is 2.31. The third-order valence-electron chi connectivity index (χ3n) is 4.47. The Labute approximate surface area is 177 Å². The summed E-state index contributed by atoms with van der Waals surface area (Å²) in [5, 5.41) is 16.0. The summed E-state index contributed by atoms with van der Waals surface area (Å²) in [5.74, 6) is -0.586. The first-order valence-electron chi connectivity index (χ1n) is 9.20. The molecule has 0 atom stereocenters. The molecule has 0 aliphatic heterocycles. The fraction of sp³-hybridized carbons (Fsp3) is 0.158. The van der Waals surface area contributed by atoms with Crippen LogP contribution in [0.15, 0.2) is 53.7 Å². The minimum Gasteiger partial charge on any atom is -0.333 e. The van der Waals surface area contributed by atoms with Crippen LogP contribution in [-0.2, 0) is 19.0 Å². The molecule has 13 heteroatoms. The van der Waals surface area contributed by atoms with E-state index >= 15 is 0 Å². The first kappa shape index (κ1) is 21.1. The summed E-state index contributed by atoms with van der Waals surface area (Å²) in [6.07, 6.45) is 0.735. The average Bonchev–Trinajstić information content (AvgIpc) is 3.28. The zero-order valence-electron chi connectivity index (χ0n) is 16.1. The minimum atomic E-state index is -4.68. The first-order chi connectivity index (χ1) is 15.3. The van der Waals surface area contributed by atoms with Gasteiger partial charge in [-0.1, -0.05) is 11.3 Å². The molecular weight excluding hydrogens is 432 g/mol. The maximum Gasteiger partial charge on any atom is 0.416 e. The number of nitrogens with zero attached hydrogens (tertiary/aromatic N) is 6. The summed E-state index contributed by atoms with van der Waals surface area (Å²) >= 11 is 0. The minimum absolute atomic E-state index is 0.269. The summed E-state index contributed by atoms with van der Waals surface area (Å²) in [6.45, 7) is 0. The predicted octanol–water partition coefficient (Wildman–Crippen LogP) is 2.83. The van der Waals surface area contributed by atoms with Crippen LogP contribution in [0.25, 0.3) is 5.82 Å². The van der Waals surface area contributed by atoms with E-state index in [0.717, 1.165) is 11.6 Å². The van der Waals surface area contributed by atoms with Gasteiger partial charge in [-0.3, -0.25) is 9.36 Å². The molecule has 0 amide bonds. The number of hydrogen-bond acceptors (Lipinski definition) is 7. The fourth-order valence-corrected chi connectivity index (χ4v) is 2.85. The molecule has 3 aromatic heterocycles. The van der Waals surface area contributed by atoms with E-state index in [4.69, 9.17) is 0 Å². The number of anilines is 2. The van der Waals surface area contributed by atoms with Crippen molar-refractivity contribution < 1.29 is 17.6 Å². The van der Waals surface area contributed by atoms with Gasteiger partial charge in [-0.25, -0.2) is 14.4 Å². The van der Waals surface area contributed by atoms with Gasteiger partial charge in [-0.15, -0.1) is 10.2 Å². The molecular formula is C19H14F4N8O. The van der Waals surface area contributed by atoms with Crippen molar-refractivity contribution >= 4 is 11.5 Å². The van der Waals surface area contributed by atoms with E-state index in [1.807, 2.05) is 0 Å². The van der Waals surface area contributed by atoms with Crippen LogP contribution in [0.5, 0.6) is 0 Å². The van der Waals surface area contributed by atoms with Gasteiger partial charge in [0.05, 0.1) is 11.3 Å². The molecule has 164 valence electrons. The Morgan fingerprint density at radius 3 is 2.59 bits per heavy atom. The van der Waals surface area contributed by atoms with Gasteiger partial charge >= 0.3 is 6.18 Å². The molecule has 1 aromatic carbocycles. The second-order valence-corrected chi connectivity index (χ2v) is 6.62. The number of rotatable bonds is 6. The van der Waals surface area contributed by atoms with Crippen LogP contribution in [0.3, 0.4) is 0 Å². The van der Waals surface area contributed by atoms with Crippen LogP contribution in [-0.4, -0.2) is 35.2 Å². The first-order valence-corrected chi connectivity index (χ1v) is 9.20. The summed E-state index contributed by atoms with van der Waals surface area (Å²) in [7, 11) is 0. The van der Waals surface area contributed by atoms with Gasteiger partial charge in [0.2, 0.25) is 0 Å². The molecule has 0 saturated carbocycles. The van der Waals surface area contributed by atoms with E-state index in [9.17, 15) is 22.4 Å². The second-order valence-electron chi connectivity index (χ2n) is 6.62. The van der Waals surface area contributed by atoms with E-state index in [0.29, 0.717) is 30.8 Å². The Morgan fingerprint density at radius 2 is 1.94 bits per heavy atom. The highest BCUT2D eigenvalue weighted by molar-refractivity contribution is 5.57. The van der Waals surface area contributed by atoms with Crippen molar-refractivity contribution in [2.24, 2.45) is 0 Å². The Morgan fingerprint density at radius 1 is 1.09 bits per heavy atom. The number of pyridine rings is 1. The van der Waals surface area contributed by atoms with E-state index in [2.05, 4.69) is 35.9 Å². The lowest BCUT2D eigenvalue weighted by atomic mass is 10.1. The topological polar surface area (TPSA) is 114 Å². The highest BCUT2D eigenvalue weighted by atomic mass is 19.4. The lowest BCUT2D eigenvalue weighted by Gasteiger charge is -2.11. The van der Waals surface area contributed by atoms with E-state index < -0.39 is 23.1 Å². The van der Waals surface area contributed by atoms with E-state index in [1.54, 1.807) is 18.3 Å². The van der Waals surface area contributed by atoms with Crippen molar-refractivity contribution in [2.45, 2.75) is 19.0 Å². The zero-order valence-corrected chi connectivity index (χ0v) is 16.1. The van der Waals surface area contributed by atoms with Crippen molar-refractivity contribution in [3.63, 3.8) is 0 Å². The molecule has 0 bridgehead atoms. The van der Waals surface area contributed by atoms with Crippen molar-refractivity contribution in [1.82, 2.24) is 35.2 Å². The third-order valence-corrected chi connectivity index (χ3v) is 4.47. The van der Waals surface area contributed by atoms with Gasteiger partial charge in [0.25, 0.3) is 5.56 Å². The van der Waals surface area contributed by atoms with E-state index in [1.165, 1.54) is 17.0 Å². The molecule has 0 aliphatic rings. The predicted molar refractivity (Wildman–Crippen MR) is 104 cm³/mol. The van der Waals surface area contributed by atoms with Gasteiger partial charge in [-0.05, 0) is 36.2 Å². The maximum absolute atomic E-state index is 14.1. The molecule has 0 unspecified atom stereocenters. The smallest absolute Gasteiger partial charge is 0.333 e. The quantitative estimate of drug-likeness (QED) is 0.438. The van der Waals surface area contributed by atoms with Gasteiger partial charge in [0.1, 0.15) is 11.6 Å². The summed E-state index contributed by atoms with van der Waals surface area (Å²) in [4.78, 5) is 20.9.